The SMILES string of the molecule is CC#CC#CC#CC#CC#CC(=O)OC[C@H](COP(=O)([O-])[O-])OC(=O)CCCCCCCCCCCC.CC(N)=O.[HH].[HH].[HH].[HH].[HH].[HH].[HH].[HH].[HH].[Na+].[Na+]. The van der Waals surface area contributed by atoms with Crippen LogP contribution in [0.3, 0.4) is 0 Å². The van der Waals surface area contributed by atoms with E-state index in [9.17, 15) is 28.7 Å². The van der Waals surface area contributed by atoms with Gasteiger partial charge in [0.1, 0.15) is 6.61 Å². The topological polar surface area (TPSA) is 168 Å². The first kappa shape index (κ1) is 48.2. The smallest absolute Gasteiger partial charge is 0.790 e. The molecule has 2 N–H and O–H groups in total. The van der Waals surface area contributed by atoms with Crippen molar-refractivity contribution in [2.24, 2.45) is 5.73 Å². The molecule has 0 saturated heterocycles. The van der Waals surface area contributed by atoms with Crippen LogP contribution in [0.4, 0.5) is 0 Å². The molecule has 0 rings (SSSR count). The van der Waals surface area contributed by atoms with Gasteiger partial charge in [-0.2, -0.15) is 0 Å². The summed E-state index contributed by atoms with van der Waals surface area (Å²) in [6, 6.07) is 0. The van der Waals surface area contributed by atoms with E-state index in [4.69, 9.17) is 9.47 Å². The molecule has 0 aliphatic heterocycles. The number of esters is 2. The van der Waals surface area contributed by atoms with Crippen LogP contribution in [0.5, 0.6) is 0 Å². The van der Waals surface area contributed by atoms with E-state index >= 15 is 0 Å². The fraction of sp³-hybridized carbons (Fsp3) is 0.567. The molecule has 0 unspecified atom stereocenters. The van der Waals surface area contributed by atoms with Crippen molar-refractivity contribution >= 4 is 25.7 Å². The Morgan fingerprint density at radius 2 is 1.23 bits per heavy atom. The van der Waals surface area contributed by atoms with Gasteiger partial charge in [0, 0.05) is 32.1 Å². The van der Waals surface area contributed by atoms with E-state index in [-0.39, 0.29) is 84.3 Å². The van der Waals surface area contributed by atoms with Crippen LogP contribution in [0, 0.1) is 59.2 Å². The number of carbonyl (C=O) groups is 3. The molecule has 0 aromatic carbocycles. The van der Waals surface area contributed by atoms with Crippen LogP contribution in [-0.2, 0) is 32.9 Å². The molecule has 1 amide bonds. The third kappa shape index (κ3) is 44.9. The summed E-state index contributed by atoms with van der Waals surface area (Å²) in [4.78, 5) is 54.6. The Hall–Kier alpha value is -1.68. The Kier molecular flexibility index (Phi) is 39.0. The first-order valence-electron chi connectivity index (χ1n) is 13.2. The van der Waals surface area contributed by atoms with Crippen molar-refractivity contribution in [2.45, 2.75) is 97.5 Å². The molecule has 0 saturated carbocycles. The van der Waals surface area contributed by atoms with E-state index in [2.05, 4.69) is 76.4 Å². The molecule has 0 aliphatic rings. The molecule has 0 aromatic rings. The summed E-state index contributed by atoms with van der Waals surface area (Å²) in [5.74, 6) is 21.8. The Balaban J connectivity index is -0.0000000873. The van der Waals surface area contributed by atoms with E-state index in [1.807, 2.05) is 0 Å². The standard InChI is InChI=1S/C28H35O8P.C2H5NO.2Na.9H2/c1-3-5-7-9-11-13-15-17-19-21-23-28(30)36-26(25-35-37(31,32)33)24-34-27(29)22-20-18-16-14-12-10-8-6-4-2;1-2(3)4;;;;;;;;;;;/h26H,3,5,7,9,11,13,15,17,19,21,23-25H2,1-2H3,(H2,31,32,33);1H3,(H2,3,4);;;9*1H/q;;2*+1;;;;;;;;;/p-2/t26-;;;;;;;;;;;;/m1............/s1. The van der Waals surface area contributed by atoms with Gasteiger partial charge in [0.05, 0.1) is 14.4 Å². The number of phosphoric ester groups is 1. The minimum absolute atomic E-state index is 0. The monoisotopic (exact) mass is 651 g/mol. The van der Waals surface area contributed by atoms with E-state index in [1.54, 1.807) is 6.92 Å². The van der Waals surface area contributed by atoms with Gasteiger partial charge < -0.3 is 34.1 Å². The third-order valence-corrected chi connectivity index (χ3v) is 5.04. The Morgan fingerprint density at radius 3 is 1.70 bits per heavy atom. The maximum absolute atomic E-state index is 12.1. The summed E-state index contributed by atoms with van der Waals surface area (Å²) in [6.45, 7) is 3.82. The van der Waals surface area contributed by atoms with Crippen molar-refractivity contribution in [3.63, 3.8) is 0 Å². The van der Waals surface area contributed by atoms with Gasteiger partial charge in [-0.25, -0.2) is 4.79 Å². The first-order chi connectivity index (χ1) is 19.5. The van der Waals surface area contributed by atoms with Crippen molar-refractivity contribution in [3.05, 3.63) is 0 Å². The molecular weight excluding hydrogens is 595 g/mol. The van der Waals surface area contributed by atoms with Crippen LogP contribution in [-0.4, -0.2) is 37.2 Å². The maximum Gasteiger partial charge on any atom is 1.00 e. The molecule has 0 radical (unpaired) electrons. The first-order valence-corrected chi connectivity index (χ1v) is 14.7. The number of ether oxygens (including phenoxy) is 2. The van der Waals surface area contributed by atoms with E-state index in [0.717, 1.165) is 19.3 Å². The van der Waals surface area contributed by atoms with E-state index in [0.29, 0.717) is 6.42 Å². The minimum atomic E-state index is -5.30. The van der Waals surface area contributed by atoms with Crippen molar-refractivity contribution in [1.82, 2.24) is 0 Å². The third-order valence-electron chi connectivity index (χ3n) is 4.58. The summed E-state index contributed by atoms with van der Waals surface area (Å²) in [5, 5.41) is 0. The van der Waals surface area contributed by atoms with Crippen LogP contribution >= 0.6 is 7.82 Å². The van der Waals surface area contributed by atoms with E-state index < -0.39 is 39.1 Å². The molecule has 0 aliphatic carbocycles. The molecule has 1 atom stereocenters. The molecule has 0 spiro atoms. The van der Waals surface area contributed by atoms with Crippen molar-refractivity contribution < 1.29 is 115 Å². The van der Waals surface area contributed by atoms with E-state index in [1.165, 1.54) is 45.4 Å². The number of carbonyl (C=O) groups excluding carboxylic acids is 3. The molecule has 0 aromatic heterocycles. The number of hydrogen-bond donors (Lipinski definition) is 1. The van der Waals surface area contributed by atoms with Crippen LogP contribution in [0.1, 0.15) is 104 Å². The molecule has 242 valence electrons. The van der Waals surface area contributed by atoms with Gasteiger partial charge >= 0.3 is 71.1 Å². The Bertz CT molecular complexity index is 1190. The van der Waals surface area contributed by atoms with Gasteiger partial charge in [0.25, 0.3) is 0 Å². The van der Waals surface area contributed by atoms with Crippen molar-refractivity contribution in [3.8, 4) is 59.2 Å². The molecule has 0 bridgehead atoms. The molecular formula is C30H56NNa2O9P. The molecule has 10 nitrogen and oxygen atoms in total. The molecule has 0 heterocycles. The normalized spacial score (nSPS) is 9.42. The number of nitrogens with two attached hydrogens (primary N) is 1. The predicted molar refractivity (Wildman–Crippen MR) is 169 cm³/mol. The van der Waals surface area contributed by atoms with Gasteiger partial charge in [-0.15, -0.1) is 0 Å². The van der Waals surface area contributed by atoms with Gasteiger partial charge in [0.15, 0.2) is 6.10 Å². The largest absolute Gasteiger partial charge is 1.00 e. The number of hydrogen-bond acceptors (Lipinski definition) is 9. The predicted octanol–water partition coefficient (Wildman–Crippen LogP) is -1.65. The summed E-state index contributed by atoms with van der Waals surface area (Å²) in [7, 11) is -5.30. The van der Waals surface area contributed by atoms with Crippen LogP contribution in [0.2, 0.25) is 0 Å². The number of primary amides is 1. The average molecular weight is 652 g/mol. The van der Waals surface area contributed by atoms with Gasteiger partial charge in [-0.3, -0.25) is 9.59 Å². The Labute approximate surface area is 314 Å². The van der Waals surface area contributed by atoms with Crippen LogP contribution in [0.15, 0.2) is 0 Å². The second-order valence-corrected chi connectivity index (χ2v) is 9.52. The zero-order valence-corrected chi connectivity index (χ0v) is 30.9. The van der Waals surface area contributed by atoms with Crippen molar-refractivity contribution in [2.75, 3.05) is 13.2 Å². The summed E-state index contributed by atoms with van der Waals surface area (Å²) in [6.07, 6.45) is 9.85. The Morgan fingerprint density at radius 1 is 0.791 bits per heavy atom. The zero-order valence-electron chi connectivity index (χ0n) is 26.0. The van der Waals surface area contributed by atoms with Gasteiger partial charge in [-0.1, -0.05) is 70.6 Å². The zero-order chi connectivity index (χ0) is 31.2. The quantitative estimate of drug-likeness (QED) is 0.0484. The van der Waals surface area contributed by atoms with Crippen molar-refractivity contribution in [1.29, 1.82) is 0 Å². The van der Waals surface area contributed by atoms with Gasteiger partial charge in [0.2, 0.25) is 5.91 Å². The summed E-state index contributed by atoms with van der Waals surface area (Å²) >= 11 is 0. The van der Waals surface area contributed by atoms with Crippen LogP contribution < -0.4 is 74.6 Å². The number of unbranched alkanes of at least 4 members (excludes halogenated alkanes) is 9. The number of rotatable bonds is 17. The molecule has 13 heteroatoms. The maximum atomic E-state index is 12.1. The second-order valence-electron chi connectivity index (χ2n) is 8.37. The fourth-order valence-corrected chi connectivity index (χ4v) is 3.18. The minimum Gasteiger partial charge on any atom is -0.790 e. The van der Waals surface area contributed by atoms with Crippen LogP contribution in [0.25, 0.3) is 0 Å². The number of phosphoric acid groups is 1. The fourth-order valence-electron chi connectivity index (χ4n) is 2.83. The molecule has 43 heavy (non-hydrogen) atoms. The average Bonchev–Trinajstić information content (AvgIpc) is 2.89. The number of amides is 1. The van der Waals surface area contributed by atoms with Gasteiger partial charge in [-0.05, 0) is 60.7 Å². The summed E-state index contributed by atoms with van der Waals surface area (Å²) < 4.78 is 24.9. The molecule has 0 fully saturated rings. The second kappa shape index (κ2) is 34.8. The summed E-state index contributed by atoms with van der Waals surface area (Å²) in [5.41, 5.74) is 4.47.